The molecule has 4 rings (SSSR count). The smallest absolute Gasteiger partial charge is 0.158 e. The maximum atomic E-state index is 9.63. The van der Waals surface area contributed by atoms with Gasteiger partial charge < -0.3 is 10.2 Å². The fraction of sp³-hybridized carbons (Fsp3) is 0. The van der Waals surface area contributed by atoms with Crippen molar-refractivity contribution in [3.8, 4) is 11.5 Å². The lowest BCUT2D eigenvalue weighted by atomic mass is 10.2. The zero-order chi connectivity index (χ0) is 12.3. The van der Waals surface area contributed by atoms with Gasteiger partial charge in [-0.2, -0.15) is 0 Å². The Morgan fingerprint density at radius 3 is 2.28 bits per heavy atom. The second kappa shape index (κ2) is 3.37. The summed E-state index contributed by atoms with van der Waals surface area (Å²) >= 11 is 3.39. The van der Waals surface area contributed by atoms with Gasteiger partial charge in [0.15, 0.2) is 11.5 Å². The molecule has 2 aromatic heterocycles. The Kier molecular flexibility index (Phi) is 1.90. The molecule has 0 unspecified atom stereocenters. The highest BCUT2D eigenvalue weighted by molar-refractivity contribution is 7.36. The Morgan fingerprint density at radius 2 is 1.39 bits per heavy atom. The SMILES string of the molecule is Oc1cc2sc3c4ccccc4sc3c2cc1O. The normalized spacial score (nSPS) is 11.8. The summed E-state index contributed by atoms with van der Waals surface area (Å²) < 4.78 is 4.69. The van der Waals surface area contributed by atoms with Crippen LogP contribution in [0.3, 0.4) is 0 Å². The molecule has 18 heavy (non-hydrogen) atoms. The predicted molar refractivity (Wildman–Crippen MR) is 78.0 cm³/mol. The van der Waals surface area contributed by atoms with Gasteiger partial charge in [0, 0.05) is 26.2 Å². The van der Waals surface area contributed by atoms with Gasteiger partial charge in [0.25, 0.3) is 0 Å². The van der Waals surface area contributed by atoms with Crippen LogP contribution in [0.4, 0.5) is 0 Å². The number of phenolic OH excluding ortho intramolecular Hbond substituents is 2. The number of phenols is 2. The number of hydrogen-bond acceptors (Lipinski definition) is 4. The lowest BCUT2D eigenvalue weighted by molar-refractivity contribution is 0.405. The van der Waals surface area contributed by atoms with Gasteiger partial charge in [-0.25, -0.2) is 0 Å². The first-order chi connectivity index (χ1) is 8.74. The summed E-state index contributed by atoms with van der Waals surface area (Å²) in [4.78, 5) is 0. The van der Waals surface area contributed by atoms with Gasteiger partial charge in [0.1, 0.15) is 0 Å². The first-order valence-corrected chi connectivity index (χ1v) is 7.13. The molecule has 2 nitrogen and oxygen atoms in total. The largest absolute Gasteiger partial charge is 0.504 e. The van der Waals surface area contributed by atoms with E-state index in [4.69, 9.17) is 0 Å². The predicted octanol–water partition coefficient (Wildman–Crippen LogP) is 4.68. The minimum atomic E-state index is -0.0559. The van der Waals surface area contributed by atoms with E-state index in [2.05, 4.69) is 12.1 Å². The molecule has 0 atom stereocenters. The Bertz CT molecular complexity index is 902. The van der Waals surface area contributed by atoms with Crippen molar-refractivity contribution in [2.24, 2.45) is 0 Å². The molecule has 2 heterocycles. The van der Waals surface area contributed by atoms with Gasteiger partial charge in [-0.3, -0.25) is 0 Å². The van der Waals surface area contributed by atoms with Crippen LogP contribution in [0, 0.1) is 0 Å². The minimum Gasteiger partial charge on any atom is -0.504 e. The topological polar surface area (TPSA) is 40.5 Å². The van der Waals surface area contributed by atoms with Crippen LogP contribution in [0.5, 0.6) is 11.5 Å². The highest BCUT2D eigenvalue weighted by Crippen LogP contribution is 2.46. The monoisotopic (exact) mass is 272 g/mol. The highest BCUT2D eigenvalue weighted by atomic mass is 32.1. The maximum Gasteiger partial charge on any atom is 0.158 e. The first-order valence-electron chi connectivity index (χ1n) is 5.50. The van der Waals surface area contributed by atoms with Crippen LogP contribution in [0.1, 0.15) is 0 Å². The molecular weight excluding hydrogens is 264 g/mol. The number of rotatable bonds is 0. The molecule has 0 saturated heterocycles. The molecule has 0 fully saturated rings. The fourth-order valence-corrected chi connectivity index (χ4v) is 4.89. The van der Waals surface area contributed by atoms with Crippen LogP contribution in [-0.4, -0.2) is 10.2 Å². The molecule has 0 saturated carbocycles. The van der Waals surface area contributed by atoms with E-state index in [0.717, 1.165) is 10.1 Å². The summed E-state index contributed by atoms with van der Waals surface area (Å²) in [7, 11) is 0. The third-order valence-corrected chi connectivity index (χ3v) is 5.60. The molecule has 0 radical (unpaired) electrons. The Balaban J connectivity index is 2.27. The van der Waals surface area contributed by atoms with E-state index in [-0.39, 0.29) is 11.5 Å². The number of aromatic hydroxyl groups is 2. The molecule has 2 aromatic carbocycles. The molecule has 0 bridgehead atoms. The number of fused-ring (bicyclic) bond motifs is 5. The Hall–Kier alpha value is -1.78. The molecule has 0 aliphatic rings. The van der Waals surface area contributed by atoms with Crippen LogP contribution in [0.25, 0.3) is 29.6 Å². The van der Waals surface area contributed by atoms with Crippen molar-refractivity contribution in [3.05, 3.63) is 36.4 Å². The molecule has 88 valence electrons. The second-order valence-electron chi connectivity index (χ2n) is 4.20. The van der Waals surface area contributed by atoms with Crippen LogP contribution in [-0.2, 0) is 0 Å². The van der Waals surface area contributed by atoms with Gasteiger partial charge >= 0.3 is 0 Å². The van der Waals surface area contributed by atoms with E-state index in [1.165, 1.54) is 19.5 Å². The molecule has 0 aliphatic heterocycles. The van der Waals surface area contributed by atoms with Crippen molar-refractivity contribution in [1.82, 2.24) is 0 Å². The van der Waals surface area contributed by atoms with Crippen LogP contribution in [0.2, 0.25) is 0 Å². The molecular formula is C14H8O2S2. The molecule has 0 aliphatic carbocycles. The number of thiophene rings is 2. The van der Waals surface area contributed by atoms with Crippen LogP contribution >= 0.6 is 22.7 Å². The molecule has 4 aromatic rings. The van der Waals surface area contributed by atoms with Crippen molar-refractivity contribution in [1.29, 1.82) is 0 Å². The van der Waals surface area contributed by atoms with E-state index in [1.54, 1.807) is 34.8 Å². The van der Waals surface area contributed by atoms with E-state index in [1.807, 2.05) is 12.1 Å². The highest BCUT2D eigenvalue weighted by Gasteiger charge is 2.13. The van der Waals surface area contributed by atoms with E-state index in [9.17, 15) is 10.2 Å². The molecule has 4 heteroatoms. The molecule has 0 amide bonds. The van der Waals surface area contributed by atoms with Gasteiger partial charge in [-0.15, -0.1) is 22.7 Å². The zero-order valence-electron chi connectivity index (χ0n) is 9.18. The summed E-state index contributed by atoms with van der Waals surface area (Å²) in [5.74, 6) is -0.111. The minimum absolute atomic E-state index is 0.0549. The standard InChI is InChI=1S/C14H8O2S2/c15-9-5-8-12(6-10(9)16)18-13-7-3-1-2-4-11(7)17-14(8)13/h1-6,15-16H. The average Bonchev–Trinajstić information content (AvgIpc) is 2.87. The first kappa shape index (κ1) is 10.2. The Morgan fingerprint density at radius 1 is 0.722 bits per heavy atom. The van der Waals surface area contributed by atoms with Crippen LogP contribution in [0.15, 0.2) is 36.4 Å². The maximum absolute atomic E-state index is 9.63. The second-order valence-corrected chi connectivity index (χ2v) is 6.30. The summed E-state index contributed by atoms with van der Waals surface area (Å²) in [6.45, 7) is 0. The van der Waals surface area contributed by atoms with Crippen molar-refractivity contribution in [2.45, 2.75) is 0 Å². The summed E-state index contributed by atoms with van der Waals surface area (Å²) in [6.07, 6.45) is 0. The lowest BCUT2D eigenvalue weighted by Crippen LogP contribution is -1.67. The Labute approximate surface area is 110 Å². The van der Waals surface area contributed by atoms with Crippen molar-refractivity contribution in [2.75, 3.05) is 0 Å². The van der Waals surface area contributed by atoms with Gasteiger partial charge in [-0.1, -0.05) is 18.2 Å². The van der Waals surface area contributed by atoms with Crippen molar-refractivity contribution >= 4 is 52.2 Å². The van der Waals surface area contributed by atoms with E-state index < -0.39 is 0 Å². The molecule has 2 N–H and O–H groups in total. The number of benzene rings is 2. The van der Waals surface area contributed by atoms with E-state index in [0.29, 0.717) is 0 Å². The number of hydrogen-bond donors (Lipinski definition) is 2. The summed E-state index contributed by atoms with van der Waals surface area (Å²) in [5.41, 5.74) is 0. The average molecular weight is 272 g/mol. The lowest BCUT2D eigenvalue weighted by Gasteiger charge is -1.96. The van der Waals surface area contributed by atoms with Crippen molar-refractivity contribution < 1.29 is 10.2 Å². The van der Waals surface area contributed by atoms with Gasteiger partial charge in [0.05, 0.1) is 9.40 Å². The third-order valence-electron chi connectivity index (χ3n) is 3.08. The summed E-state index contributed by atoms with van der Waals surface area (Å²) in [6, 6.07) is 11.6. The van der Waals surface area contributed by atoms with Crippen LogP contribution < -0.4 is 0 Å². The fourth-order valence-electron chi connectivity index (χ4n) is 2.23. The molecule has 0 spiro atoms. The van der Waals surface area contributed by atoms with Gasteiger partial charge in [0.2, 0.25) is 0 Å². The van der Waals surface area contributed by atoms with Crippen molar-refractivity contribution in [3.63, 3.8) is 0 Å². The third kappa shape index (κ3) is 1.22. The van der Waals surface area contributed by atoms with Gasteiger partial charge in [-0.05, 0) is 12.1 Å². The zero-order valence-corrected chi connectivity index (χ0v) is 10.8. The van der Waals surface area contributed by atoms with E-state index >= 15 is 0 Å². The summed E-state index contributed by atoms with van der Waals surface area (Å²) in [5, 5.41) is 21.5. The quantitative estimate of drug-likeness (QED) is 0.456.